The summed E-state index contributed by atoms with van der Waals surface area (Å²) in [5.74, 6) is 0. The monoisotopic (exact) mass is 518 g/mol. The fourth-order valence-corrected chi connectivity index (χ4v) is 6.17. The summed E-state index contributed by atoms with van der Waals surface area (Å²) < 4.78 is 39.2. The van der Waals surface area contributed by atoms with Gasteiger partial charge < -0.3 is 9.15 Å². The molecule has 0 aliphatic carbocycles. The van der Waals surface area contributed by atoms with Crippen molar-refractivity contribution in [1.82, 2.24) is 4.31 Å². The number of fused-ring (bicyclic) bond motifs is 2. The number of cyclic esters (lactones) is 1. The van der Waals surface area contributed by atoms with E-state index in [-0.39, 0.29) is 30.6 Å². The molecule has 5 rings (SSSR count). The lowest BCUT2D eigenvalue weighted by molar-refractivity contribution is 0.135. The summed E-state index contributed by atoms with van der Waals surface area (Å²) in [6.45, 7) is 0.786. The second kappa shape index (κ2) is 8.02. The molecular formula is C22H19BrN2O6S. The molecule has 0 saturated carbocycles. The summed E-state index contributed by atoms with van der Waals surface area (Å²) in [6, 6.07) is 12.8. The topological polar surface area (TPSA) is 97.1 Å². The van der Waals surface area contributed by atoms with E-state index in [1.54, 1.807) is 11.0 Å². The molecule has 2 aliphatic heterocycles. The van der Waals surface area contributed by atoms with E-state index in [0.29, 0.717) is 23.8 Å². The van der Waals surface area contributed by atoms with E-state index in [2.05, 4.69) is 15.9 Å². The summed E-state index contributed by atoms with van der Waals surface area (Å²) in [4.78, 5) is 25.7. The van der Waals surface area contributed by atoms with Crippen LogP contribution in [0.1, 0.15) is 18.4 Å². The quantitative estimate of drug-likeness (QED) is 0.488. The van der Waals surface area contributed by atoms with Crippen molar-refractivity contribution in [2.45, 2.75) is 30.4 Å². The number of anilines is 1. The highest BCUT2D eigenvalue weighted by Crippen LogP contribution is 2.34. The largest absolute Gasteiger partial charge is 0.444 e. The van der Waals surface area contributed by atoms with Crippen molar-refractivity contribution in [3.05, 3.63) is 69.0 Å². The van der Waals surface area contributed by atoms with Crippen LogP contribution in [-0.4, -0.2) is 37.9 Å². The van der Waals surface area contributed by atoms with Gasteiger partial charge in [0.05, 0.1) is 10.6 Å². The molecule has 2 aromatic carbocycles. The molecular weight excluding hydrogens is 500 g/mol. The summed E-state index contributed by atoms with van der Waals surface area (Å²) in [7, 11) is -3.72. The Morgan fingerprint density at radius 2 is 1.75 bits per heavy atom. The van der Waals surface area contributed by atoms with Crippen LogP contribution in [0, 0.1) is 0 Å². The van der Waals surface area contributed by atoms with E-state index in [0.717, 1.165) is 15.7 Å². The first-order chi connectivity index (χ1) is 15.3. The van der Waals surface area contributed by atoms with Gasteiger partial charge in [0.2, 0.25) is 10.0 Å². The molecule has 166 valence electrons. The minimum Gasteiger partial charge on any atom is -0.444 e. The first kappa shape index (κ1) is 21.2. The number of sulfonamides is 1. The zero-order valence-electron chi connectivity index (χ0n) is 16.9. The Labute approximate surface area is 192 Å². The first-order valence-corrected chi connectivity index (χ1v) is 12.3. The molecule has 0 atom stereocenters. The number of ether oxygens (including phenoxy) is 1. The fraction of sp³-hybridized carbons (Fsp3) is 0.273. The van der Waals surface area contributed by atoms with E-state index < -0.39 is 21.7 Å². The molecule has 10 heteroatoms. The minimum atomic E-state index is -3.72. The number of piperidine rings is 1. The SMILES string of the molecule is O=C1OCc2cc(Br)ccc2N1C1CCN(S(=O)(=O)c2ccc3oc(=O)ccc3c2)CC1. The normalized spacial score (nSPS) is 17.9. The summed E-state index contributed by atoms with van der Waals surface area (Å²) >= 11 is 3.44. The molecule has 1 saturated heterocycles. The lowest BCUT2D eigenvalue weighted by atomic mass is 10.0. The van der Waals surface area contributed by atoms with Gasteiger partial charge in [-0.3, -0.25) is 4.90 Å². The van der Waals surface area contributed by atoms with Crippen molar-refractivity contribution in [2.75, 3.05) is 18.0 Å². The smallest absolute Gasteiger partial charge is 0.414 e. The Morgan fingerprint density at radius 1 is 0.969 bits per heavy atom. The van der Waals surface area contributed by atoms with Gasteiger partial charge in [-0.05, 0) is 55.3 Å². The highest BCUT2D eigenvalue weighted by atomic mass is 79.9. The van der Waals surface area contributed by atoms with Gasteiger partial charge in [-0.15, -0.1) is 0 Å². The lowest BCUT2D eigenvalue weighted by Crippen LogP contribution is -2.50. The van der Waals surface area contributed by atoms with E-state index in [4.69, 9.17) is 9.15 Å². The highest BCUT2D eigenvalue weighted by Gasteiger charge is 2.37. The Balaban J connectivity index is 1.36. The standard InChI is InChI=1S/C22H19BrN2O6S/c23-16-2-4-19-15(11-16)13-30-22(27)25(19)17-7-9-24(10-8-17)32(28,29)18-3-5-20-14(12-18)1-6-21(26)31-20/h1-6,11-12,17H,7-10,13H2. The molecule has 1 amide bonds. The van der Waals surface area contributed by atoms with Crippen LogP contribution in [0.5, 0.6) is 0 Å². The van der Waals surface area contributed by atoms with Crippen LogP contribution in [0.2, 0.25) is 0 Å². The van der Waals surface area contributed by atoms with Crippen LogP contribution in [-0.2, 0) is 21.4 Å². The molecule has 0 N–H and O–H groups in total. The third-order valence-corrected chi connectivity index (χ3v) is 8.25. The molecule has 0 unspecified atom stereocenters. The summed E-state index contributed by atoms with van der Waals surface area (Å²) in [5, 5.41) is 0.541. The van der Waals surface area contributed by atoms with Crippen molar-refractivity contribution in [2.24, 2.45) is 0 Å². The molecule has 8 nitrogen and oxygen atoms in total. The van der Waals surface area contributed by atoms with Gasteiger partial charge in [-0.2, -0.15) is 4.31 Å². The van der Waals surface area contributed by atoms with Crippen molar-refractivity contribution >= 4 is 48.7 Å². The first-order valence-electron chi connectivity index (χ1n) is 10.1. The maximum atomic E-state index is 13.2. The number of carbonyl (C=O) groups excluding carboxylic acids is 1. The van der Waals surface area contributed by atoms with Crippen LogP contribution >= 0.6 is 15.9 Å². The third-order valence-electron chi connectivity index (χ3n) is 5.87. The number of carbonyl (C=O) groups is 1. The third kappa shape index (κ3) is 3.72. The average molecular weight is 519 g/mol. The van der Waals surface area contributed by atoms with E-state index in [9.17, 15) is 18.0 Å². The Kier molecular flexibility index (Phi) is 5.31. The van der Waals surface area contributed by atoms with Gasteiger partial charge in [-0.25, -0.2) is 18.0 Å². The summed E-state index contributed by atoms with van der Waals surface area (Å²) in [6.07, 6.45) is 0.579. The molecule has 3 heterocycles. The average Bonchev–Trinajstić information content (AvgIpc) is 2.79. The Morgan fingerprint density at radius 3 is 2.53 bits per heavy atom. The van der Waals surface area contributed by atoms with Gasteiger partial charge in [0, 0.05) is 40.6 Å². The number of amides is 1. The number of hydrogen-bond donors (Lipinski definition) is 0. The fourth-order valence-electron chi connectivity index (χ4n) is 4.26. The minimum absolute atomic E-state index is 0.143. The highest BCUT2D eigenvalue weighted by molar-refractivity contribution is 9.10. The number of halogens is 1. The number of benzene rings is 2. The second-order valence-electron chi connectivity index (χ2n) is 7.79. The van der Waals surface area contributed by atoms with Crippen LogP contribution in [0.25, 0.3) is 11.0 Å². The second-order valence-corrected chi connectivity index (χ2v) is 10.6. The molecule has 2 aliphatic rings. The Bertz CT molecular complexity index is 1380. The van der Waals surface area contributed by atoms with Crippen LogP contribution < -0.4 is 10.5 Å². The van der Waals surface area contributed by atoms with Crippen LogP contribution in [0.4, 0.5) is 10.5 Å². The lowest BCUT2D eigenvalue weighted by Gasteiger charge is -2.39. The van der Waals surface area contributed by atoms with Crippen LogP contribution in [0.15, 0.2) is 67.1 Å². The van der Waals surface area contributed by atoms with Crippen LogP contribution in [0.3, 0.4) is 0 Å². The van der Waals surface area contributed by atoms with Crippen molar-refractivity contribution < 1.29 is 22.4 Å². The molecule has 1 fully saturated rings. The predicted molar refractivity (Wildman–Crippen MR) is 121 cm³/mol. The van der Waals surface area contributed by atoms with Gasteiger partial charge in [0.25, 0.3) is 0 Å². The van der Waals surface area contributed by atoms with E-state index in [1.165, 1.54) is 28.6 Å². The molecule has 32 heavy (non-hydrogen) atoms. The van der Waals surface area contributed by atoms with Gasteiger partial charge in [-0.1, -0.05) is 15.9 Å². The van der Waals surface area contributed by atoms with E-state index in [1.807, 2.05) is 18.2 Å². The van der Waals surface area contributed by atoms with E-state index >= 15 is 0 Å². The zero-order valence-corrected chi connectivity index (χ0v) is 19.3. The summed E-state index contributed by atoms with van der Waals surface area (Å²) in [5.41, 5.74) is 1.57. The van der Waals surface area contributed by atoms with Gasteiger partial charge in [0.15, 0.2) is 0 Å². The van der Waals surface area contributed by atoms with Gasteiger partial charge in [0.1, 0.15) is 12.2 Å². The van der Waals surface area contributed by atoms with Crippen molar-refractivity contribution in [1.29, 1.82) is 0 Å². The number of nitrogens with zero attached hydrogens (tertiary/aromatic N) is 2. The molecule has 0 bridgehead atoms. The maximum absolute atomic E-state index is 13.2. The molecule has 0 spiro atoms. The van der Waals surface area contributed by atoms with Gasteiger partial charge >= 0.3 is 11.7 Å². The number of hydrogen-bond acceptors (Lipinski definition) is 6. The molecule has 1 aromatic heterocycles. The predicted octanol–water partition coefficient (Wildman–Crippen LogP) is 3.87. The zero-order chi connectivity index (χ0) is 22.5. The molecule has 3 aromatic rings. The molecule has 0 radical (unpaired) electrons. The number of rotatable bonds is 3. The van der Waals surface area contributed by atoms with Crippen molar-refractivity contribution in [3.8, 4) is 0 Å². The maximum Gasteiger partial charge on any atom is 0.414 e. The Hall–Kier alpha value is -2.69. The van der Waals surface area contributed by atoms with Crippen molar-refractivity contribution in [3.63, 3.8) is 0 Å².